The van der Waals surface area contributed by atoms with Crippen LogP contribution in [0.3, 0.4) is 0 Å². The van der Waals surface area contributed by atoms with Gasteiger partial charge in [0.1, 0.15) is 6.61 Å². The first-order valence-electron chi connectivity index (χ1n) is 9.91. The summed E-state index contributed by atoms with van der Waals surface area (Å²) in [5, 5.41) is 3.77. The number of nitrogens with zero attached hydrogens (tertiary/aromatic N) is 2. The first-order chi connectivity index (χ1) is 13.8. The molecule has 0 unspecified atom stereocenters. The summed E-state index contributed by atoms with van der Waals surface area (Å²) in [6.07, 6.45) is 3.85. The lowest BCUT2D eigenvalue weighted by molar-refractivity contribution is 0.102. The number of fused-ring (bicyclic) bond motifs is 1. The number of pyridine rings is 1. The van der Waals surface area contributed by atoms with Gasteiger partial charge in [-0.2, -0.15) is 0 Å². The number of hydrogen-bond donors (Lipinski definition) is 1. The standard InChI is InChI=1S/C23H25N3O2/c27-23(24-18-9-3-1-4-10-18)20-17-22(25-21-12-6-5-11-19(20)21)28-16-15-26-13-7-2-8-14-26/h1,3-6,9-12,17H,2,7-8,13-16H2,(H,24,27). The lowest BCUT2D eigenvalue weighted by Gasteiger charge is -2.26. The smallest absolute Gasteiger partial charge is 0.256 e. The Hall–Kier alpha value is -2.92. The van der Waals surface area contributed by atoms with Gasteiger partial charge in [0.15, 0.2) is 0 Å². The molecule has 0 spiro atoms. The van der Waals surface area contributed by atoms with Crippen LogP contribution in [-0.4, -0.2) is 42.0 Å². The third kappa shape index (κ3) is 4.49. The van der Waals surface area contributed by atoms with Gasteiger partial charge in [-0.15, -0.1) is 0 Å². The zero-order valence-electron chi connectivity index (χ0n) is 15.9. The maximum Gasteiger partial charge on any atom is 0.256 e. The fourth-order valence-corrected chi connectivity index (χ4v) is 3.60. The molecule has 1 aromatic heterocycles. The van der Waals surface area contributed by atoms with Crippen molar-refractivity contribution >= 4 is 22.5 Å². The minimum atomic E-state index is -0.161. The summed E-state index contributed by atoms with van der Waals surface area (Å²) >= 11 is 0. The lowest BCUT2D eigenvalue weighted by Crippen LogP contribution is -2.33. The zero-order valence-corrected chi connectivity index (χ0v) is 15.9. The number of amides is 1. The largest absolute Gasteiger partial charge is 0.476 e. The van der Waals surface area contributed by atoms with Crippen molar-refractivity contribution in [3.05, 3.63) is 66.2 Å². The van der Waals surface area contributed by atoms with Crippen LogP contribution in [0.1, 0.15) is 29.6 Å². The number of hydrogen-bond acceptors (Lipinski definition) is 4. The molecule has 0 radical (unpaired) electrons. The number of para-hydroxylation sites is 2. The van der Waals surface area contributed by atoms with E-state index in [4.69, 9.17) is 4.74 Å². The number of ether oxygens (including phenoxy) is 1. The Morgan fingerprint density at radius 3 is 2.57 bits per heavy atom. The van der Waals surface area contributed by atoms with Crippen molar-refractivity contribution in [3.8, 4) is 5.88 Å². The first-order valence-corrected chi connectivity index (χ1v) is 9.91. The molecule has 4 rings (SSSR count). The molecule has 1 aliphatic rings. The lowest BCUT2D eigenvalue weighted by atomic mass is 10.1. The van der Waals surface area contributed by atoms with Crippen molar-refractivity contribution in [1.82, 2.24) is 9.88 Å². The Labute approximate surface area is 165 Å². The summed E-state index contributed by atoms with van der Waals surface area (Å²) in [6.45, 7) is 3.74. The van der Waals surface area contributed by atoms with Gasteiger partial charge in [0.2, 0.25) is 5.88 Å². The van der Waals surface area contributed by atoms with Gasteiger partial charge < -0.3 is 10.1 Å². The van der Waals surface area contributed by atoms with E-state index in [9.17, 15) is 4.79 Å². The van der Waals surface area contributed by atoms with Crippen LogP contribution in [0.2, 0.25) is 0 Å². The highest BCUT2D eigenvalue weighted by Gasteiger charge is 2.15. The Bertz CT molecular complexity index is 937. The van der Waals surface area contributed by atoms with E-state index in [0.717, 1.165) is 36.2 Å². The van der Waals surface area contributed by atoms with Crippen molar-refractivity contribution in [1.29, 1.82) is 0 Å². The molecule has 1 N–H and O–H groups in total. The van der Waals surface area contributed by atoms with E-state index < -0.39 is 0 Å². The monoisotopic (exact) mass is 375 g/mol. The molecule has 1 amide bonds. The predicted octanol–water partition coefficient (Wildman–Crippen LogP) is 4.35. The van der Waals surface area contributed by atoms with Crippen LogP contribution >= 0.6 is 0 Å². The molecule has 144 valence electrons. The van der Waals surface area contributed by atoms with Gasteiger partial charge in [0, 0.05) is 23.7 Å². The average molecular weight is 375 g/mol. The zero-order chi connectivity index (χ0) is 19.2. The van der Waals surface area contributed by atoms with Crippen LogP contribution < -0.4 is 10.1 Å². The van der Waals surface area contributed by atoms with Crippen LogP contribution in [0, 0.1) is 0 Å². The second kappa shape index (κ2) is 8.85. The topological polar surface area (TPSA) is 54.5 Å². The van der Waals surface area contributed by atoms with Crippen molar-refractivity contribution < 1.29 is 9.53 Å². The summed E-state index contributed by atoms with van der Waals surface area (Å²) in [6, 6.07) is 18.9. The summed E-state index contributed by atoms with van der Waals surface area (Å²) in [4.78, 5) is 19.9. The highest BCUT2D eigenvalue weighted by atomic mass is 16.5. The highest BCUT2D eigenvalue weighted by molar-refractivity contribution is 6.12. The van der Waals surface area contributed by atoms with E-state index in [1.807, 2.05) is 54.6 Å². The number of likely N-dealkylation sites (tertiary alicyclic amines) is 1. The van der Waals surface area contributed by atoms with E-state index in [1.54, 1.807) is 6.07 Å². The van der Waals surface area contributed by atoms with Gasteiger partial charge in [-0.1, -0.05) is 42.8 Å². The fourth-order valence-electron chi connectivity index (χ4n) is 3.60. The number of carbonyl (C=O) groups excluding carboxylic acids is 1. The van der Waals surface area contributed by atoms with Crippen molar-refractivity contribution in [3.63, 3.8) is 0 Å². The number of aromatic nitrogens is 1. The second-order valence-electron chi connectivity index (χ2n) is 7.10. The van der Waals surface area contributed by atoms with Gasteiger partial charge in [-0.3, -0.25) is 9.69 Å². The van der Waals surface area contributed by atoms with E-state index in [0.29, 0.717) is 18.1 Å². The molecule has 5 nitrogen and oxygen atoms in total. The number of anilines is 1. The van der Waals surface area contributed by atoms with Gasteiger partial charge in [0.05, 0.1) is 11.1 Å². The van der Waals surface area contributed by atoms with Crippen LogP contribution in [0.15, 0.2) is 60.7 Å². The molecule has 0 saturated carbocycles. The van der Waals surface area contributed by atoms with Gasteiger partial charge in [0.25, 0.3) is 5.91 Å². The van der Waals surface area contributed by atoms with Crippen molar-refractivity contribution in [2.75, 3.05) is 31.6 Å². The van der Waals surface area contributed by atoms with E-state index >= 15 is 0 Å². The molecule has 0 bridgehead atoms. The van der Waals surface area contributed by atoms with Gasteiger partial charge >= 0.3 is 0 Å². The van der Waals surface area contributed by atoms with E-state index in [-0.39, 0.29) is 5.91 Å². The third-order valence-corrected chi connectivity index (χ3v) is 5.08. The van der Waals surface area contributed by atoms with Gasteiger partial charge in [-0.05, 0) is 44.1 Å². The average Bonchev–Trinajstić information content (AvgIpc) is 2.74. The molecular weight excluding hydrogens is 350 g/mol. The Kier molecular flexibility index (Phi) is 5.83. The molecule has 3 aromatic rings. The third-order valence-electron chi connectivity index (χ3n) is 5.08. The highest BCUT2D eigenvalue weighted by Crippen LogP contribution is 2.23. The SMILES string of the molecule is O=C(Nc1ccccc1)c1cc(OCCN2CCCCC2)nc2ccccc12. The van der Waals surface area contributed by atoms with Crippen molar-refractivity contribution in [2.24, 2.45) is 0 Å². The second-order valence-corrected chi connectivity index (χ2v) is 7.10. The quantitative estimate of drug-likeness (QED) is 0.696. The molecule has 1 fully saturated rings. The predicted molar refractivity (Wildman–Crippen MR) is 112 cm³/mol. The molecule has 0 atom stereocenters. The molecule has 2 aromatic carbocycles. The van der Waals surface area contributed by atoms with Crippen molar-refractivity contribution in [2.45, 2.75) is 19.3 Å². The molecule has 5 heteroatoms. The molecule has 2 heterocycles. The molecule has 0 aliphatic carbocycles. The number of piperidine rings is 1. The van der Waals surface area contributed by atoms with Crippen LogP contribution in [0.5, 0.6) is 5.88 Å². The van der Waals surface area contributed by atoms with Crippen LogP contribution in [-0.2, 0) is 0 Å². The van der Waals surface area contributed by atoms with Gasteiger partial charge in [-0.25, -0.2) is 4.98 Å². The first kappa shape index (κ1) is 18.4. The molecule has 1 aliphatic heterocycles. The summed E-state index contributed by atoms with van der Waals surface area (Å²) in [5.74, 6) is 0.333. The molecular formula is C23H25N3O2. The number of rotatable bonds is 6. The minimum Gasteiger partial charge on any atom is -0.476 e. The number of carbonyl (C=O) groups is 1. The maximum atomic E-state index is 12.9. The van der Waals surface area contributed by atoms with E-state index in [1.165, 1.54) is 19.3 Å². The van der Waals surface area contributed by atoms with E-state index in [2.05, 4.69) is 15.2 Å². The normalized spacial score (nSPS) is 14.7. The maximum absolute atomic E-state index is 12.9. The Morgan fingerprint density at radius 2 is 1.75 bits per heavy atom. The fraction of sp³-hybridized carbons (Fsp3) is 0.304. The number of nitrogens with one attached hydrogen (secondary N) is 1. The van der Waals surface area contributed by atoms with Crippen LogP contribution in [0.25, 0.3) is 10.9 Å². The summed E-state index contributed by atoms with van der Waals surface area (Å²) in [5.41, 5.74) is 2.10. The Morgan fingerprint density at radius 1 is 1.00 bits per heavy atom. The van der Waals surface area contributed by atoms with Crippen LogP contribution in [0.4, 0.5) is 5.69 Å². The summed E-state index contributed by atoms with van der Waals surface area (Å²) < 4.78 is 5.93. The molecule has 1 saturated heterocycles. The molecule has 28 heavy (non-hydrogen) atoms. The minimum absolute atomic E-state index is 0.161. The summed E-state index contributed by atoms with van der Waals surface area (Å²) in [7, 11) is 0. The number of benzene rings is 2. The Balaban J connectivity index is 1.52.